The molecule has 1 amide bonds. The Morgan fingerprint density at radius 3 is 2.59 bits per heavy atom. The summed E-state index contributed by atoms with van der Waals surface area (Å²) in [5, 5.41) is 0. The number of fused-ring (bicyclic) bond motifs is 1. The van der Waals surface area contributed by atoms with Crippen molar-refractivity contribution in [2.24, 2.45) is 5.92 Å². The minimum Gasteiger partial charge on any atom is -0.491 e. The van der Waals surface area contributed by atoms with Gasteiger partial charge in [0.05, 0.1) is 6.54 Å². The van der Waals surface area contributed by atoms with E-state index in [1.165, 1.54) is 16.7 Å². The fourth-order valence-corrected chi connectivity index (χ4v) is 4.56. The Morgan fingerprint density at radius 2 is 1.84 bits per heavy atom. The molecule has 2 aromatic carbocycles. The van der Waals surface area contributed by atoms with E-state index in [0.29, 0.717) is 31.4 Å². The van der Waals surface area contributed by atoms with Crippen LogP contribution in [0, 0.1) is 12.8 Å². The van der Waals surface area contributed by atoms with Crippen molar-refractivity contribution >= 4 is 5.91 Å². The molecule has 0 spiro atoms. The van der Waals surface area contributed by atoms with E-state index in [1.54, 1.807) is 0 Å². The van der Waals surface area contributed by atoms with Crippen molar-refractivity contribution < 1.29 is 9.53 Å². The Labute approximate surface area is 194 Å². The first-order valence-corrected chi connectivity index (χ1v) is 12.2. The first kappa shape index (κ1) is 24.3. The van der Waals surface area contributed by atoms with E-state index in [4.69, 9.17) is 4.74 Å². The summed E-state index contributed by atoms with van der Waals surface area (Å²) in [5.74, 6) is 2.07. The van der Waals surface area contributed by atoms with E-state index in [9.17, 15) is 4.79 Å². The maximum atomic E-state index is 12.9. The summed E-state index contributed by atoms with van der Waals surface area (Å²) < 4.78 is 6.19. The van der Waals surface area contributed by atoms with E-state index in [1.807, 2.05) is 4.90 Å². The van der Waals surface area contributed by atoms with Crippen LogP contribution in [-0.2, 0) is 11.3 Å². The minimum absolute atomic E-state index is 0.246. The van der Waals surface area contributed by atoms with Crippen LogP contribution in [-0.4, -0.2) is 49.0 Å². The van der Waals surface area contributed by atoms with Gasteiger partial charge in [0.15, 0.2) is 0 Å². The second-order valence-corrected chi connectivity index (χ2v) is 9.71. The molecule has 0 aliphatic carbocycles. The summed E-state index contributed by atoms with van der Waals surface area (Å²) in [6, 6.07) is 17.3. The summed E-state index contributed by atoms with van der Waals surface area (Å²) in [6.07, 6.45) is 3.83. The van der Waals surface area contributed by atoms with Crippen molar-refractivity contribution in [1.82, 2.24) is 9.80 Å². The summed E-state index contributed by atoms with van der Waals surface area (Å²) in [6.45, 7) is 10.2. The number of hydrogen-bond donors (Lipinski definition) is 0. The Kier molecular flexibility index (Phi) is 9.16. The van der Waals surface area contributed by atoms with Crippen LogP contribution in [0.25, 0.3) is 0 Å². The van der Waals surface area contributed by atoms with Gasteiger partial charge in [-0.15, -0.1) is 0 Å². The maximum absolute atomic E-state index is 12.9. The number of amides is 1. The predicted molar refractivity (Wildman–Crippen MR) is 132 cm³/mol. The van der Waals surface area contributed by atoms with Crippen LogP contribution in [0.4, 0.5) is 0 Å². The minimum atomic E-state index is 0.246. The molecule has 1 atom stereocenters. The Balaban J connectivity index is 1.81. The number of nitrogens with zero attached hydrogens (tertiary/aromatic N) is 2. The molecule has 174 valence electrons. The van der Waals surface area contributed by atoms with E-state index < -0.39 is 0 Å². The van der Waals surface area contributed by atoms with Gasteiger partial charge in [0.25, 0.3) is 0 Å². The monoisotopic (exact) mass is 436 g/mol. The molecule has 1 unspecified atom stereocenters. The summed E-state index contributed by atoms with van der Waals surface area (Å²) in [5.41, 5.74) is 3.88. The molecule has 0 fully saturated rings. The van der Waals surface area contributed by atoms with Crippen LogP contribution in [0.5, 0.6) is 5.75 Å². The highest BCUT2D eigenvalue weighted by Gasteiger charge is 2.19. The second-order valence-electron chi connectivity index (χ2n) is 9.71. The Morgan fingerprint density at radius 1 is 1.06 bits per heavy atom. The van der Waals surface area contributed by atoms with Crippen LogP contribution in [0.1, 0.15) is 62.1 Å². The highest BCUT2D eigenvalue weighted by Crippen LogP contribution is 2.27. The second kappa shape index (κ2) is 12.1. The fraction of sp³-hybridized carbons (Fsp3) is 0.536. The molecule has 3 rings (SSSR count). The average molecular weight is 437 g/mol. The number of rotatable bonds is 3. The third-order valence-electron chi connectivity index (χ3n) is 6.32. The molecule has 0 saturated carbocycles. The van der Waals surface area contributed by atoms with Crippen LogP contribution in [0.2, 0.25) is 0 Å². The van der Waals surface area contributed by atoms with Gasteiger partial charge in [-0.3, -0.25) is 4.79 Å². The van der Waals surface area contributed by atoms with Crippen molar-refractivity contribution in [2.45, 2.75) is 58.9 Å². The Bertz CT molecular complexity index is 850. The van der Waals surface area contributed by atoms with Gasteiger partial charge in [-0.25, -0.2) is 0 Å². The summed E-state index contributed by atoms with van der Waals surface area (Å²) >= 11 is 0. The van der Waals surface area contributed by atoms with Gasteiger partial charge in [-0.2, -0.15) is 0 Å². The van der Waals surface area contributed by atoms with Crippen LogP contribution in [0.15, 0.2) is 48.5 Å². The summed E-state index contributed by atoms with van der Waals surface area (Å²) in [7, 11) is 2.20. The quantitative estimate of drug-likeness (QED) is 0.623. The van der Waals surface area contributed by atoms with Crippen LogP contribution >= 0.6 is 0 Å². The van der Waals surface area contributed by atoms with Gasteiger partial charge < -0.3 is 14.5 Å². The molecular formula is C28H40N2O2. The standard InChI is InChI=1S/C28H40N2O2/c1-22(2)19-28(31)30-15-8-11-25(24-9-6-5-7-10-24)14-16-29(4)21-26-20-23(3)12-13-27(26)32-18-17-30/h5-7,9-10,12-13,20,22,25H,8,11,14-19,21H2,1-4H3. The molecule has 0 aromatic heterocycles. The maximum Gasteiger partial charge on any atom is 0.222 e. The third-order valence-corrected chi connectivity index (χ3v) is 6.32. The molecule has 1 aliphatic rings. The zero-order valence-electron chi connectivity index (χ0n) is 20.3. The normalized spacial score (nSPS) is 19.2. The lowest BCUT2D eigenvalue weighted by atomic mass is 9.90. The number of benzene rings is 2. The SMILES string of the molecule is Cc1ccc2c(c1)CN(C)CCC(c1ccccc1)CCCN(C(=O)CC(C)C)CCO2. The molecule has 2 aromatic rings. The molecule has 4 heteroatoms. The lowest BCUT2D eigenvalue weighted by molar-refractivity contribution is -0.132. The van der Waals surface area contributed by atoms with E-state index in [-0.39, 0.29) is 5.91 Å². The zero-order chi connectivity index (χ0) is 22.9. The lowest BCUT2D eigenvalue weighted by Crippen LogP contribution is -2.36. The molecule has 1 heterocycles. The molecule has 1 aliphatic heterocycles. The molecule has 4 nitrogen and oxygen atoms in total. The highest BCUT2D eigenvalue weighted by molar-refractivity contribution is 5.76. The molecule has 0 N–H and O–H groups in total. The first-order chi connectivity index (χ1) is 15.4. The van der Waals surface area contributed by atoms with Crippen LogP contribution in [0.3, 0.4) is 0 Å². The first-order valence-electron chi connectivity index (χ1n) is 12.2. The third kappa shape index (κ3) is 7.37. The van der Waals surface area contributed by atoms with Crippen molar-refractivity contribution in [2.75, 3.05) is 33.3 Å². The van der Waals surface area contributed by atoms with E-state index >= 15 is 0 Å². The largest absolute Gasteiger partial charge is 0.491 e. The van der Waals surface area contributed by atoms with Crippen molar-refractivity contribution in [3.05, 3.63) is 65.2 Å². The molecular weight excluding hydrogens is 396 g/mol. The topological polar surface area (TPSA) is 32.8 Å². The lowest BCUT2D eigenvalue weighted by Gasteiger charge is -2.27. The van der Waals surface area contributed by atoms with Gasteiger partial charge in [0.2, 0.25) is 5.91 Å². The van der Waals surface area contributed by atoms with Gasteiger partial charge in [0, 0.05) is 25.1 Å². The van der Waals surface area contributed by atoms with Gasteiger partial charge >= 0.3 is 0 Å². The number of carbonyl (C=O) groups excluding carboxylic acids is 1. The number of hydrogen-bond acceptors (Lipinski definition) is 3. The van der Waals surface area contributed by atoms with Crippen LogP contribution < -0.4 is 4.74 Å². The molecule has 0 bridgehead atoms. The number of carbonyl (C=O) groups is 1. The number of aryl methyl sites for hydroxylation is 1. The van der Waals surface area contributed by atoms with Gasteiger partial charge in [-0.1, -0.05) is 61.9 Å². The van der Waals surface area contributed by atoms with Gasteiger partial charge in [0.1, 0.15) is 12.4 Å². The van der Waals surface area contributed by atoms with Gasteiger partial charge in [-0.05, 0) is 63.2 Å². The average Bonchev–Trinajstić information content (AvgIpc) is 2.75. The van der Waals surface area contributed by atoms with Crippen molar-refractivity contribution in [3.8, 4) is 5.75 Å². The molecule has 32 heavy (non-hydrogen) atoms. The molecule has 0 radical (unpaired) electrons. The van der Waals surface area contributed by atoms with E-state index in [2.05, 4.69) is 81.2 Å². The number of ether oxygens (including phenoxy) is 1. The van der Waals surface area contributed by atoms with Crippen molar-refractivity contribution in [1.29, 1.82) is 0 Å². The summed E-state index contributed by atoms with van der Waals surface area (Å²) in [4.78, 5) is 17.3. The predicted octanol–water partition coefficient (Wildman–Crippen LogP) is 5.65. The highest BCUT2D eigenvalue weighted by atomic mass is 16.5. The van der Waals surface area contributed by atoms with Crippen molar-refractivity contribution in [3.63, 3.8) is 0 Å². The van der Waals surface area contributed by atoms with E-state index in [0.717, 1.165) is 44.6 Å². The zero-order valence-corrected chi connectivity index (χ0v) is 20.3. The Hall–Kier alpha value is -2.33. The smallest absolute Gasteiger partial charge is 0.222 e. The molecule has 0 saturated heterocycles. The fourth-order valence-electron chi connectivity index (χ4n) is 4.56.